The maximum Gasteiger partial charge on any atom is 0.338 e. The molecule has 3 rings (SSSR count). The number of benzene rings is 1. The highest BCUT2D eigenvalue weighted by Gasteiger charge is 2.12. The number of anilines is 2. The molecule has 0 saturated heterocycles. The lowest BCUT2D eigenvalue weighted by Crippen LogP contribution is -2.21. The third-order valence-corrected chi connectivity index (χ3v) is 4.22. The van der Waals surface area contributed by atoms with Gasteiger partial charge in [0.05, 0.1) is 10.4 Å². The van der Waals surface area contributed by atoms with Crippen LogP contribution in [0, 0.1) is 6.92 Å². The fourth-order valence-corrected chi connectivity index (χ4v) is 2.73. The molecule has 2 aromatic heterocycles. The molecule has 0 aliphatic rings. The van der Waals surface area contributed by atoms with Gasteiger partial charge in [-0.25, -0.2) is 4.79 Å². The third-order valence-electron chi connectivity index (χ3n) is 3.35. The van der Waals surface area contributed by atoms with E-state index in [0.717, 1.165) is 0 Å². The number of ether oxygens (including phenoxy) is 1. The van der Waals surface area contributed by atoms with Crippen molar-refractivity contribution in [3.8, 4) is 0 Å². The number of aromatic nitrogens is 1. The van der Waals surface area contributed by atoms with E-state index in [1.807, 2.05) is 5.38 Å². The molecular formula is C18H15N3O5S. The summed E-state index contributed by atoms with van der Waals surface area (Å²) >= 11 is 1.34. The zero-order valence-corrected chi connectivity index (χ0v) is 15.0. The van der Waals surface area contributed by atoms with E-state index < -0.39 is 18.5 Å². The minimum atomic E-state index is -0.655. The van der Waals surface area contributed by atoms with Gasteiger partial charge < -0.3 is 19.9 Å². The predicted octanol–water partition coefficient (Wildman–Crippen LogP) is 3.09. The van der Waals surface area contributed by atoms with E-state index in [2.05, 4.69) is 15.8 Å². The van der Waals surface area contributed by atoms with E-state index in [1.165, 1.54) is 23.5 Å². The monoisotopic (exact) mass is 385 g/mol. The Balaban J connectivity index is 1.49. The van der Waals surface area contributed by atoms with Crippen molar-refractivity contribution in [2.24, 2.45) is 0 Å². The molecule has 8 nitrogen and oxygen atoms in total. The Hall–Kier alpha value is -3.46. The number of hydrogen-bond acceptors (Lipinski definition) is 7. The number of carbonyl (C=O) groups is 3. The fourth-order valence-electron chi connectivity index (χ4n) is 2.11. The SMILES string of the molecule is Cc1cc(NC(=O)COC(=O)c2ccc(NC(=O)c3cccs3)cc2)no1. The zero-order valence-electron chi connectivity index (χ0n) is 14.2. The molecule has 27 heavy (non-hydrogen) atoms. The third kappa shape index (κ3) is 5.02. The van der Waals surface area contributed by atoms with Crippen LogP contribution in [0.25, 0.3) is 0 Å². The van der Waals surface area contributed by atoms with E-state index in [-0.39, 0.29) is 17.3 Å². The maximum atomic E-state index is 12.0. The van der Waals surface area contributed by atoms with E-state index >= 15 is 0 Å². The summed E-state index contributed by atoms with van der Waals surface area (Å²) in [7, 11) is 0. The molecule has 0 aliphatic carbocycles. The van der Waals surface area contributed by atoms with Gasteiger partial charge in [-0.05, 0) is 42.6 Å². The average molecular weight is 385 g/mol. The summed E-state index contributed by atoms with van der Waals surface area (Å²) in [5.74, 6) is -0.609. The highest BCUT2D eigenvalue weighted by Crippen LogP contribution is 2.15. The van der Waals surface area contributed by atoms with Crippen LogP contribution in [0.2, 0.25) is 0 Å². The Bertz CT molecular complexity index is 948. The quantitative estimate of drug-likeness (QED) is 0.631. The zero-order chi connectivity index (χ0) is 19.2. The van der Waals surface area contributed by atoms with Crippen LogP contribution < -0.4 is 10.6 Å². The van der Waals surface area contributed by atoms with Gasteiger partial charge >= 0.3 is 5.97 Å². The number of amides is 2. The minimum Gasteiger partial charge on any atom is -0.452 e. The largest absolute Gasteiger partial charge is 0.452 e. The summed E-state index contributed by atoms with van der Waals surface area (Å²) in [5, 5.41) is 10.6. The van der Waals surface area contributed by atoms with Crippen molar-refractivity contribution in [2.75, 3.05) is 17.2 Å². The fraction of sp³-hybridized carbons (Fsp3) is 0.111. The second-order valence-electron chi connectivity index (χ2n) is 5.46. The van der Waals surface area contributed by atoms with E-state index in [1.54, 1.807) is 37.3 Å². The molecule has 0 fully saturated rings. The van der Waals surface area contributed by atoms with Gasteiger partial charge in [0.2, 0.25) is 0 Å². The summed E-state index contributed by atoms with van der Waals surface area (Å²) in [5.41, 5.74) is 0.804. The average Bonchev–Trinajstić information content (AvgIpc) is 3.32. The Morgan fingerprint density at radius 2 is 1.93 bits per heavy atom. The lowest BCUT2D eigenvalue weighted by atomic mass is 10.2. The van der Waals surface area contributed by atoms with Gasteiger partial charge in [-0.1, -0.05) is 11.2 Å². The number of rotatable bonds is 6. The first-order chi connectivity index (χ1) is 13.0. The Labute approximate surface area is 158 Å². The molecule has 0 atom stereocenters. The summed E-state index contributed by atoms with van der Waals surface area (Å²) in [6.45, 7) is 1.23. The molecule has 0 radical (unpaired) electrons. The molecule has 138 valence electrons. The van der Waals surface area contributed by atoms with Crippen molar-refractivity contribution < 1.29 is 23.6 Å². The molecule has 3 aromatic rings. The first-order valence-electron chi connectivity index (χ1n) is 7.86. The van der Waals surface area contributed by atoms with Crippen molar-refractivity contribution in [3.05, 3.63) is 64.0 Å². The van der Waals surface area contributed by atoms with Crippen LogP contribution in [0.5, 0.6) is 0 Å². The lowest BCUT2D eigenvalue weighted by Gasteiger charge is -2.06. The molecule has 9 heteroatoms. The summed E-state index contributed by atoms with van der Waals surface area (Å²) in [4.78, 5) is 36.3. The van der Waals surface area contributed by atoms with E-state index in [9.17, 15) is 14.4 Å². The van der Waals surface area contributed by atoms with Gasteiger partial charge in [0.15, 0.2) is 12.4 Å². The van der Waals surface area contributed by atoms with Gasteiger partial charge in [0.25, 0.3) is 11.8 Å². The molecule has 0 spiro atoms. The maximum absolute atomic E-state index is 12.0. The van der Waals surface area contributed by atoms with Crippen LogP contribution >= 0.6 is 11.3 Å². The van der Waals surface area contributed by atoms with Crippen molar-refractivity contribution in [1.29, 1.82) is 0 Å². The summed E-state index contributed by atoms with van der Waals surface area (Å²) < 4.78 is 9.77. The van der Waals surface area contributed by atoms with E-state index in [0.29, 0.717) is 16.3 Å². The first-order valence-corrected chi connectivity index (χ1v) is 8.74. The van der Waals surface area contributed by atoms with E-state index in [4.69, 9.17) is 9.26 Å². The molecule has 0 unspecified atom stereocenters. The number of nitrogens with zero attached hydrogens (tertiary/aromatic N) is 1. The van der Waals surface area contributed by atoms with Crippen LogP contribution in [0.15, 0.2) is 52.4 Å². The second kappa shape index (κ2) is 8.28. The van der Waals surface area contributed by atoms with Gasteiger partial charge in [0.1, 0.15) is 5.76 Å². The molecular weight excluding hydrogens is 370 g/mol. The highest BCUT2D eigenvalue weighted by atomic mass is 32.1. The number of esters is 1. The summed E-state index contributed by atoms with van der Waals surface area (Å²) in [6.07, 6.45) is 0. The van der Waals surface area contributed by atoms with Crippen molar-refractivity contribution in [2.45, 2.75) is 6.92 Å². The highest BCUT2D eigenvalue weighted by molar-refractivity contribution is 7.12. The number of carbonyl (C=O) groups excluding carboxylic acids is 3. The smallest absolute Gasteiger partial charge is 0.338 e. The topological polar surface area (TPSA) is 111 Å². The first kappa shape index (κ1) is 18.3. The predicted molar refractivity (Wildman–Crippen MR) is 98.9 cm³/mol. The van der Waals surface area contributed by atoms with Crippen LogP contribution in [0.1, 0.15) is 25.8 Å². The van der Waals surface area contributed by atoms with Gasteiger partial charge in [-0.2, -0.15) is 0 Å². The molecule has 2 amide bonds. The van der Waals surface area contributed by atoms with Crippen molar-refractivity contribution >= 4 is 40.6 Å². The number of hydrogen-bond donors (Lipinski definition) is 2. The summed E-state index contributed by atoms with van der Waals surface area (Å²) in [6, 6.07) is 11.2. The number of thiophene rings is 1. The standard InChI is InChI=1S/C18H15N3O5S/c1-11-9-15(21-26-11)20-16(22)10-25-18(24)12-4-6-13(7-5-12)19-17(23)14-3-2-8-27-14/h2-9H,10H2,1H3,(H,19,23)(H,20,21,22). The van der Waals surface area contributed by atoms with Crippen LogP contribution in [0.4, 0.5) is 11.5 Å². The van der Waals surface area contributed by atoms with Crippen LogP contribution in [-0.2, 0) is 9.53 Å². The second-order valence-corrected chi connectivity index (χ2v) is 6.40. The van der Waals surface area contributed by atoms with Gasteiger partial charge in [-0.15, -0.1) is 11.3 Å². The normalized spacial score (nSPS) is 10.3. The molecule has 1 aromatic carbocycles. The Morgan fingerprint density at radius 3 is 2.56 bits per heavy atom. The minimum absolute atomic E-state index is 0.222. The number of nitrogens with one attached hydrogen (secondary N) is 2. The molecule has 2 heterocycles. The molecule has 0 bridgehead atoms. The Morgan fingerprint density at radius 1 is 1.15 bits per heavy atom. The van der Waals surface area contributed by atoms with Gasteiger partial charge in [-0.3, -0.25) is 9.59 Å². The van der Waals surface area contributed by atoms with Gasteiger partial charge in [0, 0.05) is 11.8 Å². The molecule has 0 saturated carbocycles. The molecule has 0 aliphatic heterocycles. The van der Waals surface area contributed by atoms with Crippen molar-refractivity contribution in [3.63, 3.8) is 0 Å². The van der Waals surface area contributed by atoms with Crippen LogP contribution in [-0.4, -0.2) is 29.5 Å². The number of aryl methyl sites for hydroxylation is 1. The Kier molecular flexibility index (Phi) is 5.62. The van der Waals surface area contributed by atoms with Crippen molar-refractivity contribution in [1.82, 2.24) is 5.16 Å². The van der Waals surface area contributed by atoms with Crippen LogP contribution in [0.3, 0.4) is 0 Å². The molecule has 2 N–H and O–H groups in total. The lowest BCUT2D eigenvalue weighted by molar-refractivity contribution is -0.119.